The Morgan fingerprint density at radius 1 is 0.939 bits per heavy atom. The van der Waals surface area contributed by atoms with E-state index in [1.165, 1.54) is 5.01 Å². The normalized spacial score (nSPS) is 14.5. The number of ether oxygens (including phenoxy) is 2. The lowest BCUT2D eigenvalue weighted by Crippen LogP contribution is -2.21. The molecule has 0 saturated heterocycles. The number of para-hydroxylation sites is 1. The van der Waals surface area contributed by atoms with E-state index >= 15 is 0 Å². The van der Waals surface area contributed by atoms with Crippen molar-refractivity contribution in [2.75, 3.05) is 11.6 Å². The molecule has 1 aliphatic rings. The maximum absolute atomic E-state index is 13.0. The highest BCUT2D eigenvalue weighted by Gasteiger charge is 2.28. The van der Waals surface area contributed by atoms with Crippen LogP contribution in [0.5, 0.6) is 11.5 Å². The molecule has 1 heterocycles. The first kappa shape index (κ1) is 22.9. The summed E-state index contributed by atoms with van der Waals surface area (Å²) in [7, 11) is 0. The average molecular weight is 481 g/mol. The summed E-state index contributed by atoms with van der Waals surface area (Å²) in [5, 5.41) is 6.82. The summed E-state index contributed by atoms with van der Waals surface area (Å²) in [5.74, 6) is 1.02. The van der Waals surface area contributed by atoms with Gasteiger partial charge in [-0.3, -0.25) is 4.79 Å². The summed E-state index contributed by atoms with van der Waals surface area (Å²) in [6.07, 6.45) is 1.81. The Morgan fingerprint density at radius 2 is 1.73 bits per heavy atom. The summed E-state index contributed by atoms with van der Waals surface area (Å²) in [4.78, 5) is 13.0. The van der Waals surface area contributed by atoms with Gasteiger partial charge in [0.1, 0.15) is 6.61 Å². The van der Waals surface area contributed by atoms with Crippen molar-refractivity contribution in [3.63, 3.8) is 0 Å². The summed E-state index contributed by atoms with van der Waals surface area (Å²) >= 11 is 12.1. The Labute approximate surface area is 202 Å². The van der Waals surface area contributed by atoms with E-state index in [2.05, 4.69) is 5.10 Å². The standard InChI is InChI=1S/C26H22Cl2N2O3/c1-3-32-25-15-18(10-12-24(25)33-16-19-9-11-22(27)23(28)14-19)13-21-17(2)29-30(26(21)31)20-7-5-4-6-8-20/h4-15H,3,16H2,1-2H3. The van der Waals surface area contributed by atoms with E-state index < -0.39 is 0 Å². The van der Waals surface area contributed by atoms with E-state index in [0.717, 1.165) is 16.8 Å². The van der Waals surface area contributed by atoms with Gasteiger partial charge in [-0.05, 0) is 67.4 Å². The molecular weight excluding hydrogens is 459 g/mol. The largest absolute Gasteiger partial charge is 0.490 e. The van der Waals surface area contributed by atoms with Crippen molar-refractivity contribution in [1.82, 2.24) is 0 Å². The van der Waals surface area contributed by atoms with Gasteiger partial charge in [-0.15, -0.1) is 0 Å². The fraction of sp³-hybridized carbons (Fsp3) is 0.154. The number of carbonyl (C=O) groups is 1. The van der Waals surface area contributed by atoms with E-state index in [9.17, 15) is 4.79 Å². The van der Waals surface area contributed by atoms with Gasteiger partial charge >= 0.3 is 0 Å². The highest BCUT2D eigenvalue weighted by atomic mass is 35.5. The van der Waals surface area contributed by atoms with Crippen molar-refractivity contribution >= 4 is 46.6 Å². The van der Waals surface area contributed by atoms with Crippen molar-refractivity contribution in [2.45, 2.75) is 20.5 Å². The molecule has 33 heavy (non-hydrogen) atoms. The molecule has 0 unspecified atom stereocenters. The predicted molar refractivity (Wildman–Crippen MR) is 133 cm³/mol. The van der Waals surface area contributed by atoms with Gasteiger partial charge in [0.2, 0.25) is 0 Å². The molecule has 0 saturated carbocycles. The number of hydrogen-bond donors (Lipinski definition) is 0. The SMILES string of the molecule is CCOc1cc(C=C2C(=O)N(c3ccccc3)N=C2C)ccc1OCc1ccc(Cl)c(Cl)c1. The molecule has 0 fully saturated rings. The molecule has 0 spiro atoms. The van der Waals surface area contributed by atoms with Crippen LogP contribution in [0, 0.1) is 0 Å². The molecule has 1 aliphatic heterocycles. The van der Waals surface area contributed by atoms with Crippen molar-refractivity contribution < 1.29 is 14.3 Å². The predicted octanol–water partition coefficient (Wildman–Crippen LogP) is 6.78. The zero-order valence-corrected chi connectivity index (χ0v) is 19.7. The van der Waals surface area contributed by atoms with E-state index in [1.54, 1.807) is 12.1 Å². The molecule has 0 aliphatic carbocycles. The lowest BCUT2D eigenvalue weighted by molar-refractivity contribution is -0.114. The van der Waals surface area contributed by atoms with E-state index in [-0.39, 0.29) is 5.91 Å². The quantitative estimate of drug-likeness (QED) is 0.350. The van der Waals surface area contributed by atoms with E-state index in [4.69, 9.17) is 32.7 Å². The lowest BCUT2D eigenvalue weighted by Gasteiger charge is -2.13. The first-order valence-electron chi connectivity index (χ1n) is 10.5. The number of hydrogen-bond acceptors (Lipinski definition) is 4. The van der Waals surface area contributed by atoms with E-state index in [1.807, 2.05) is 74.5 Å². The van der Waals surface area contributed by atoms with Gasteiger partial charge in [0.15, 0.2) is 11.5 Å². The molecule has 5 nitrogen and oxygen atoms in total. The van der Waals surface area contributed by atoms with Crippen LogP contribution >= 0.6 is 23.2 Å². The molecule has 3 aromatic rings. The summed E-state index contributed by atoms with van der Waals surface area (Å²) in [5.41, 5.74) is 3.62. The third-order valence-corrected chi connectivity index (χ3v) is 5.76. The molecule has 3 aromatic carbocycles. The lowest BCUT2D eigenvalue weighted by atomic mass is 10.1. The van der Waals surface area contributed by atoms with Gasteiger partial charge in [0.25, 0.3) is 5.91 Å². The number of nitrogens with zero attached hydrogens (tertiary/aromatic N) is 2. The van der Waals surface area contributed by atoms with Crippen molar-refractivity contribution in [1.29, 1.82) is 0 Å². The van der Waals surface area contributed by atoms with Crippen molar-refractivity contribution in [2.24, 2.45) is 5.10 Å². The number of carbonyl (C=O) groups excluding carboxylic acids is 1. The third-order valence-electron chi connectivity index (χ3n) is 5.02. The van der Waals surface area contributed by atoms with Gasteiger partial charge in [-0.25, -0.2) is 0 Å². The van der Waals surface area contributed by atoms with Crippen LogP contribution in [0.1, 0.15) is 25.0 Å². The summed E-state index contributed by atoms with van der Waals surface area (Å²) in [6.45, 7) is 4.52. The molecule has 0 N–H and O–H groups in total. The average Bonchev–Trinajstić information content (AvgIpc) is 3.10. The fourth-order valence-electron chi connectivity index (χ4n) is 3.39. The minimum atomic E-state index is -0.170. The number of amides is 1. The molecular formula is C26H22Cl2N2O3. The second-order valence-electron chi connectivity index (χ2n) is 7.37. The number of anilines is 1. The minimum Gasteiger partial charge on any atom is -0.490 e. The molecule has 0 aromatic heterocycles. The zero-order valence-electron chi connectivity index (χ0n) is 18.2. The topological polar surface area (TPSA) is 51.1 Å². The van der Waals surface area contributed by atoms with Crippen LogP contribution in [-0.4, -0.2) is 18.2 Å². The van der Waals surface area contributed by atoms with Crippen LogP contribution < -0.4 is 14.5 Å². The van der Waals surface area contributed by atoms with Gasteiger partial charge in [0, 0.05) is 0 Å². The van der Waals surface area contributed by atoms with Gasteiger partial charge < -0.3 is 9.47 Å². The summed E-state index contributed by atoms with van der Waals surface area (Å²) < 4.78 is 11.8. The Hall–Kier alpha value is -3.28. The van der Waals surface area contributed by atoms with Gasteiger partial charge in [-0.2, -0.15) is 10.1 Å². The Kier molecular flexibility index (Phi) is 7.02. The van der Waals surface area contributed by atoms with Crippen LogP contribution in [-0.2, 0) is 11.4 Å². The van der Waals surface area contributed by atoms with Crippen LogP contribution in [0.25, 0.3) is 6.08 Å². The second-order valence-corrected chi connectivity index (χ2v) is 8.19. The molecule has 1 amide bonds. The molecule has 0 bridgehead atoms. The number of hydrazone groups is 1. The maximum Gasteiger partial charge on any atom is 0.280 e. The Balaban J connectivity index is 1.55. The number of rotatable bonds is 7. The Morgan fingerprint density at radius 3 is 2.45 bits per heavy atom. The van der Waals surface area contributed by atoms with Crippen LogP contribution in [0.2, 0.25) is 10.0 Å². The smallest absolute Gasteiger partial charge is 0.280 e. The first-order chi connectivity index (χ1) is 16.0. The molecule has 4 rings (SSSR count). The van der Waals surface area contributed by atoms with Crippen molar-refractivity contribution in [3.05, 3.63) is 93.5 Å². The molecule has 0 atom stereocenters. The first-order valence-corrected chi connectivity index (χ1v) is 11.2. The molecule has 7 heteroatoms. The Bertz CT molecular complexity index is 1240. The monoisotopic (exact) mass is 480 g/mol. The number of benzene rings is 3. The molecule has 168 valence electrons. The maximum atomic E-state index is 13.0. The third kappa shape index (κ3) is 5.21. The van der Waals surface area contributed by atoms with Crippen LogP contribution in [0.3, 0.4) is 0 Å². The number of halogens is 2. The van der Waals surface area contributed by atoms with Gasteiger partial charge in [-0.1, -0.05) is 53.5 Å². The summed E-state index contributed by atoms with van der Waals surface area (Å²) in [6, 6.07) is 20.3. The minimum absolute atomic E-state index is 0.170. The highest BCUT2D eigenvalue weighted by Crippen LogP contribution is 2.32. The van der Waals surface area contributed by atoms with Crippen molar-refractivity contribution in [3.8, 4) is 11.5 Å². The van der Waals surface area contributed by atoms with Crippen LogP contribution in [0.15, 0.2) is 77.4 Å². The highest BCUT2D eigenvalue weighted by molar-refractivity contribution is 6.42. The second kappa shape index (κ2) is 10.1. The van der Waals surface area contributed by atoms with E-state index in [0.29, 0.717) is 46.0 Å². The molecule has 0 radical (unpaired) electrons. The van der Waals surface area contributed by atoms with Gasteiger partial charge in [0.05, 0.1) is 33.6 Å². The zero-order chi connectivity index (χ0) is 23.4. The fourth-order valence-corrected chi connectivity index (χ4v) is 3.71. The van der Waals surface area contributed by atoms with Crippen LogP contribution in [0.4, 0.5) is 5.69 Å².